The first-order valence-corrected chi connectivity index (χ1v) is 7.54. The SMILES string of the molecule is COc1nccc(C(=O)N2CCCCc3cc(Cl)ccc32)n1. The molecule has 0 saturated carbocycles. The van der Waals surface area contributed by atoms with Crippen molar-refractivity contribution in [1.29, 1.82) is 0 Å². The molecule has 6 heteroatoms. The summed E-state index contributed by atoms with van der Waals surface area (Å²) in [6, 6.07) is 7.44. The molecule has 1 aromatic heterocycles. The van der Waals surface area contributed by atoms with Crippen LogP contribution in [0.1, 0.15) is 28.9 Å². The minimum absolute atomic E-state index is 0.147. The van der Waals surface area contributed by atoms with Gasteiger partial charge >= 0.3 is 6.01 Å². The molecule has 1 amide bonds. The first-order valence-electron chi connectivity index (χ1n) is 7.16. The Morgan fingerprint density at radius 1 is 1.32 bits per heavy atom. The number of hydrogen-bond donors (Lipinski definition) is 0. The molecular weight excluding hydrogens is 302 g/mol. The van der Waals surface area contributed by atoms with Gasteiger partial charge in [-0.05, 0) is 49.1 Å². The summed E-state index contributed by atoms with van der Waals surface area (Å²) < 4.78 is 4.99. The largest absolute Gasteiger partial charge is 0.467 e. The summed E-state index contributed by atoms with van der Waals surface area (Å²) in [7, 11) is 1.48. The van der Waals surface area contributed by atoms with E-state index >= 15 is 0 Å². The zero-order chi connectivity index (χ0) is 15.5. The predicted molar refractivity (Wildman–Crippen MR) is 84.7 cm³/mol. The van der Waals surface area contributed by atoms with Crippen LogP contribution in [0.4, 0.5) is 5.69 Å². The normalized spacial score (nSPS) is 14.2. The number of ether oxygens (including phenoxy) is 1. The number of carbonyl (C=O) groups is 1. The minimum atomic E-state index is -0.147. The third kappa shape index (κ3) is 2.90. The van der Waals surface area contributed by atoms with E-state index in [1.54, 1.807) is 11.0 Å². The summed E-state index contributed by atoms with van der Waals surface area (Å²) in [5.74, 6) is -0.147. The van der Waals surface area contributed by atoms with Gasteiger partial charge in [-0.3, -0.25) is 4.79 Å². The number of aryl methyl sites for hydroxylation is 1. The summed E-state index contributed by atoms with van der Waals surface area (Å²) >= 11 is 6.07. The molecule has 0 fully saturated rings. The number of benzene rings is 1. The monoisotopic (exact) mass is 317 g/mol. The Kier molecular flexibility index (Phi) is 4.24. The van der Waals surface area contributed by atoms with Crippen molar-refractivity contribution in [2.24, 2.45) is 0 Å². The van der Waals surface area contributed by atoms with Crippen LogP contribution in [0.3, 0.4) is 0 Å². The number of aromatic nitrogens is 2. The highest BCUT2D eigenvalue weighted by molar-refractivity contribution is 6.30. The molecular formula is C16H16ClN3O2. The number of methoxy groups -OCH3 is 1. The van der Waals surface area contributed by atoms with Crippen molar-refractivity contribution in [2.45, 2.75) is 19.3 Å². The molecule has 0 N–H and O–H groups in total. The molecule has 1 aliphatic rings. The van der Waals surface area contributed by atoms with E-state index < -0.39 is 0 Å². The summed E-state index contributed by atoms with van der Waals surface area (Å²) in [5, 5.41) is 0.691. The highest BCUT2D eigenvalue weighted by atomic mass is 35.5. The van der Waals surface area contributed by atoms with Gasteiger partial charge in [-0.25, -0.2) is 4.98 Å². The fourth-order valence-electron chi connectivity index (χ4n) is 2.63. The van der Waals surface area contributed by atoms with E-state index in [-0.39, 0.29) is 11.9 Å². The van der Waals surface area contributed by atoms with Gasteiger partial charge in [0.15, 0.2) is 0 Å². The Morgan fingerprint density at radius 2 is 2.18 bits per heavy atom. The third-order valence-electron chi connectivity index (χ3n) is 3.69. The zero-order valence-electron chi connectivity index (χ0n) is 12.3. The average Bonchev–Trinajstić information content (AvgIpc) is 2.76. The van der Waals surface area contributed by atoms with Crippen LogP contribution < -0.4 is 9.64 Å². The van der Waals surface area contributed by atoms with Gasteiger partial charge in [-0.1, -0.05) is 11.6 Å². The quantitative estimate of drug-likeness (QED) is 0.854. The van der Waals surface area contributed by atoms with Crippen molar-refractivity contribution in [3.8, 4) is 6.01 Å². The number of rotatable bonds is 2. The number of anilines is 1. The molecule has 0 atom stereocenters. The molecule has 0 aliphatic carbocycles. The van der Waals surface area contributed by atoms with E-state index in [4.69, 9.17) is 16.3 Å². The van der Waals surface area contributed by atoms with Crippen molar-refractivity contribution in [3.05, 3.63) is 46.7 Å². The van der Waals surface area contributed by atoms with Crippen molar-refractivity contribution in [1.82, 2.24) is 9.97 Å². The van der Waals surface area contributed by atoms with Crippen LogP contribution in [0.25, 0.3) is 0 Å². The number of amides is 1. The van der Waals surface area contributed by atoms with Crippen LogP contribution in [-0.4, -0.2) is 29.5 Å². The molecule has 0 saturated heterocycles. The molecule has 2 heterocycles. The Hall–Kier alpha value is -2.14. The van der Waals surface area contributed by atoms with Gasteiger partial charge in [0.25, 0.3) is 5.91 Å². The third-order valence-corrected chi connectivity index (χ3v) is 3.93. The lowest BCUT2D eigenvalue weighted by molar-refractivity contribution is 0.0981. The molecule has 1 aliphatic heterocycles. The second-order valence-electron chi connectivity index (χ2n) is 5.12. The van der Waals surface area contributed by atoms with Crippen molar-refractivity contribution < 1.29 is 9.53 Å². The fraction of sp³-hybridized carbons (Fsp3) is 0.312. The molecule has 22 heavy (non-hydrogen) atoms. The number of fused-ring (bicyclic) bond motifs is 1. The van der Waals surface area contributed by atoms with Gasteiger partial charge in [-0.15, -0.1) is 0 Å². The van der Waals surface area contributed by atoms with Crippen LogP contribution in [0, 0.1) is 0 Å². The smallest absolute Gasteiger partial charge is 0.316 e. The highest BCUT2D eigenvalue weighted by Gasteiger charge is 2.23. The highest BCUT2D eigenvalue weighted by Crippen LogP contribution is 2.30. The topological polar surface area (TPSA) is 55.3 Å². The maximum Gasteiger partial charge on any atom is 0.316 e. The van der Waals surface area contributed by atoms with E-state index in [0.29, 0.717) is 17.3 Å². The second-order valence-corrected chi connectivity index (χ2v) is 5.55. The van der Waals surface area contributed by atoms with Crippen LogP contribution in [0.5, 0.6) is 6.01 Å². The van der Waals surface area contributed by atoms with Gasteiger partial charge in [0.05, 0.1) is 7.11 Å². The Balaban J connectivity index is 1.98. The van der Waals surface area contributed by atoms with Gasteiger partial charge in [0, 0.05) is 23.5 Å². The molecule has 1 aromatic carbocycles. The average molecular weight is 318 g/mol. The first kappa shape index (κ1) is 14.8. The summed E-state index contributed by atoms with van der Waals surface area (Å²) in [6.45, 7) is 0.666. The second kappa shape index (κ2) is 6.32. The summed E-state index contributed by atoms with van der Waals surface area (Å²) in [6.07, 6.45) is 4.43. The van der Waals surface area contributed by atoms with Crippen LogP contribution in [0.2, 0.25) is 5.02 Å². The first-order chi connectivity index (χ1) is 10.7. The van der Waals surface area contributed by atoms with E-state index in [2.05, 4.69) is 9.97 Å². The Bertz CT molecular complexity index is 706. The number of halogens is 1. The molecule has 0 bridgehead atoms. The molecule has 3 rings (SSSR count). The van der Waals surface area contributed by atoms with E-state index in [1.807, 2.05) is 18.2 Å². The number of hydrogen-bond acceptors (Lipinski definition) is 4. The van der Waals surface area contributed by atoms with Gasteiger partial charge in [0.1, 0.15) is 5.69 Å². The van der Waals surface area contributed by atoms with E-state index in [0.717, 1.165) is 30.5 Å². The fourth-order valence-corrected chi connectivity index (χ4v) is 2.83. The van der Waals surface area contributed by atoms with Crippen molar-refractivity contribution in [3.63, 3.8) is 0 Å². The van der Waals surface area contributed by atoms with Crippen LogP contribution >= 0.6 is 11.6 Å². The zero-order valence-corrected chi connectivity index (χ0v) is 13.0. The Morgan fingerprint density at radius 3 is 3.00 bits per heavy atom. The van der Waals surface area contributed by atoms with Crippen molar-refractivity contribution in [2.75, 3.05) is 18.6 Å². The molecule has 0 spiro atoms. The molecule has 0 radical (unpaired) electrons. The Labute approximate surface area is 133 Å². The summed E-state index contributed by atoms with van der Waals surface area (Å²) in [5.41, 5.74) is 2.33. The maximum absolute atomic E-state index is 12.8. The van der Waals surface area contributed by atoms with Crippen LogP contribution in [0.15, 0.2) is 30.5 Å². The van der Waals surface area contributed by atoms with Gasteiger partial charge < -0.3 is 9.64 Å². The van der Waals surface area contributed by atoms with E-state index in [1.165, 1.54) is 13.3 Å². The summed E-state index contributed by atoms with van der Waals surface area (Å²) in [4.78, 5) is 22.7. The minimum Gasteiger partial charge on any atom is -0.467 e. The number of carbonyl (C=O) groups excluding carboxylic acids is 1. The lowest BCUT2D eigenvalue weighted by Gasteiger charge is -2.22. The number of nitrogens with zero attached hydrogens (tertiary/aromatic N) is 3. The molecule has 114 valence electrons. The standard InChI is InChI=1S/C16H16ClN3O2/c1-22-16-18-8-7-13(19-16)15(21)20-9-3-2-4-11-10-12(17)5-6-14(11)20/h5-8,10H,2-4,9H2,1H3. The predicted octanol–water partition coefficient (Wildman–Crippen LogP) is 3.12. The van der Waals surface area contributed by atoms with Gasteiger partial charge in [-0.2, -0.15) is 4.98 Å². The maximum atomic E-state index is 12.8. The molecule has 2 aromatic rings. The lowest BCUT2D eigenvalue weighted by Crippen LogP contribution is -2.32. The van der Waals surface area contributed by atoms with Crippen LogP contribution in [-0.2, 0) is 6.42 Å². The van der Waals surface area contributed by atoms with E-state index in [9.17, 15) is 4.79 Å². The van der Waals surface area contributed by atoms with Gasteiger partial charge in [0.2, 0.25) is 0 Å². The lowest BCUT2D eigenvalue weighted by atomic mass is 10.1. The molecule has 5 nitrogen and oxygen atoms in total. The molecule has 0 unspecified atom stereocenters. The van der Waals surface area contributed by atoms with Crippen molar-refractivity contribution >= 4 is 23.2 Å².